The fourth-order valence-electron chi connectivity index (χ4n) is 0.862. The molecule has 16 heavy (non-hydrogen) atoms. The number of thioether (sulfide) groups is 1. The van der Waals surface area contributed by atoms with Gasteiger partial charge in [0, 0.05) is 6.20 Å². The molecule has 0 aliphatic carbocycles. The van der Waals surface area contributed by atoms with Gasteiger partial charge in [-0.1, -0.05) is 11.8 Å². The molecule has 0 saturated heterocycles. The lowest BCUT2D eigenvalue weighted by Gasteiger charge is -2.09. The highest BCUT2D eigenvalue weighted by Gasteiger charge is 2.30. The topological polar surface area (TPSA) is 62.8 Å². The van der Waals surface area contributed by atoms with Crippen molar-refractivity contribution < 1.29 is 13.2 Å². The number of nitrogens with one attached hydrogen (secondary N) is 1. The van der Waals surface area contributed by atoms with Gasteiger partial charge < -0.3 is 5.73 Å². The standard InChI is InChI=1S/C9H10F3N3S/c1-5(8(13)14)16-7-3-2-6(4-15-7)9(10,11)12/h2-5H,1H3,(H3,13,14). The first-order valence-electron chi connectivity index (χ1n) is 4.34. The third-order valence-corrected chi connectivity index (χ3v) is 2.89. The Bertz CT molecular complexity index is 375. The maximum absolute atomic E-state index is 12.2. The number of hydrogen-bond acceptors (Lipinski definition) is 3. The van der Waals surface area contributed by atoms with Crippen LogP contribution in [0.25, 0.3) is 0 Å². The van der Waals surface area contributed by atoms with Gasteiger partial charge in [-0.15, -0.1) is 0 Å². The van der Waals surface area contributed by atoms with Crippen LogP contribution >= 0.6 is 11.8 Å². The molecule has 1 rings (SSSR count). The third kappa shape index (κ3) is 3.41. The van der Waals surface area contributed by atoms with Crippen molar-refractivity contribution >= 4 is 17.6 Å². The summed E-state index contributed by atoms with van der Waals surface area (Å²) in [7, 11) is 0. The van der Waals surface area contributed by atoms with E-state index in [2.05, 4.69) is 4.98 Å². The first-order valence-corrected chi connectivity index (χ1v) is 5.22. The Balaban J connectivity index is 2.76. The molecule has 7 heteroatoms. The molecule has 1 heterocycles. The molecule has 0 spiro atoms. The van der Waals surface area contributed by atoms with Crippen LogP contribution in [0.2, 0.25) is 0 Å². The van der Waals surface area contributed by atoms with E-state index in [0.29, 0.717) is 5.03 Å². The van der Waals surface area contributed by atoms with Gasteiger partial charge in [0.05, 0.1) is 15.8 Å². The molecule has 0 aliphatic heterocycles. The number of amidine groups is 1. The van der Waals surface area contributed by atoms with E-state index in [0.717, 1.165) is 24.0 Å². The fraction of sp³-hybridized carbons (Fsp3) is 0.333. The monoisotopic (exact) mass is 249 g/mol. The number of nitrogens with zero attached hydrogens (tertiary/aromatic N) is 1. The van der Waals surface area contributed by atoms with Crippen LogP contribution in [0.5, 0.6) is 0 Å². The first-order chi connectivity index (χ1) is 7.30. The molecule has 88 valence electrons. The number of aromatic nitrogens is 1. The second-order valence-corrected chi connectivity index (χ2v) is 4.46. The minimum absolute atomic E-state index is 0.0355. The quantitative estimate of drug-likeness (QED) is 0.491. The number of rotatable bonds is 3. The summed E-state index contributed by atoms with van der Waals surface area (Å²) in [5, 5.41) is 7.25. The Morgan fingerprint density at radius 1 is 1.50 bits per heavy atom. The maximum atomic E-state index is 12.2. The van der Waals surface area contributed by atoms with Gasteiger partial charge >= 0.3 is 6.18 Å². The molecular weight excluding hydrogens is 239 g/mol. The average Bonchev–Trinajstić information content (AvgIpc) is 2.17. The molecule has 0 saturated carbocycles. The molecule has 1 aromatic heterocycles. The zero-order valence-corrected chi connectivity index (χ0v) is 9.19. The van der Waals surface area contributed by atoms with E-state index >= 15 is 0 Å². The normalized spacial score (nSPS) is 13.5. The van der Waals surface area contributed by atoms with Crippen LogP contribution in [-0.4, -0.2) is 16.1 Å². The lowest BCUT2D eigenvalue weighted by molar-refractivity contribution is -0.137. The summed E-state index contributed by atoms with van der Waals surface area (Å²) >= 11 is 1.14. The van der Waals surface area contributed by atoms with Crippen molar-refractivity contribution in [3.05, 3.63) is 23.9 Å². The minimum Gasteiger partial charge on any atom is -0.387 e. The van der Waals surface area contributed by atoms with Crippen LogP contribution < -0.4 is 5.73 Å². The zero-order chi connectivity index (χ0) is 12.3. The largest absolute Gasteiger partial charge is 0.417 e. The number of nitrogens with two attached hydrogens (primary N) is 1. The summed E-state index contributed by atoms with van der Waals surface area (Å²) in [5.74, 6) is -0.0355. The van der Waals surface area contributed by atoms with Crippen molar-refractivity contribution in [2.75, 3.05) is 0 Å². The van der Waals surface area contributed by atoms with Gasteiger partial charge in [0.25, 0.3) is 0 Å². The van der Waals surface area contributed by atoms with Crippen molar-refractivity contribution in [3.63, 3.8) is 0 Å². The summed E-state index contributed by atoms with van der Waals surface area (Å²) < 4.78 is 36.6. The highest BCUT2D eigenvalue weighted by Crippen LogP contribution is 2.30. The van der Waals surface area contributed by atoms with Crippen molar-refractivity contribution in [1.82, 2.24) is 4.98 Å². The lowest BCUT2D eigenvalue weighted by atomic mass is 10.3. The van der Waals surface area contributed by atoms with Gasteiger partial charge in [0.1, 0.15) is 5.84 Å². The van der Waals surface area contributed by atoms with Gasteiger partial charge in [-0.3, -0.25) is 5.41 Å². The number of hydrogen-bond donors (Lipinski definition) is 2. The van der Waals surface area contributed by atoms with Crippen molar-refractivity contribution in [3.8, 4) is 0 Å². The molecule has 3 nitrogen and oxygen atoms in total. The second kappa shape index (κ2) is 4.73. The van der Waals surface area contributed by atoms with E-state index in [1.165, 1.54) is 6.07 Å². The predicted molar refractivity (Wildman–Crippen MR) is 56.5 cm³/mol. The van der Waals surface area contributed by atoms with E-state index in [9.17, 15) is 13.2 Å². The van der Waals surface area contributed by atoms with E-state index in [4.69, 9.17) is 11.1 Å². The molecule has 1 atom stereocenters. The van der Waals surface area contributed by atoms with Gasteiger partial charge in [-0.2, -0.15) is 13.2 Å². The lowest BCUT2D eigenvalue weighted by Crippen LogP contribution is -2.21. The van der Waals surface area contributed by atoms with Crippen molar-refractivity contribution in [1.29, 1.82) is 5.41 Å². The summed E-state index contributed by atoms with van der Waals surface area (Å²) in [4.78, 5) is 3.66. The van der Waals surface area contributed by atoms with E-state index in [-0.39, 0.29) is 11.1 Å². The van der Waals surface area contributed by atoms with Crippen LogP contribution in [0.4, 0.5) is 13.2 Å². The summed E-state index contributed by atoms with van der Waals surface area (Å²) in [6.45, 7) is 1.69. The molecular formula is C9H10F3N3S. The summed E-state index contributed by atoms with van der Waals surface area (Å²) in [6.07, 6.45) is -3.60. The van der Waals surface area contributed by atoms with Crippen LogP contribution in [0.15, 0.2) is 23.4 Å². The highest BCUT2D eigenvalue weighted by atomic mass is 32.2. The molecule has 0 aliphatic rings. The third-order valence-electron chi connectivity index (χ3n) is 1.80. The Kier molecular flexibility index (Phi) is 3.79. The van der Waals surface area contributed by atoms with E-state index in [1.807, 2.05) is 0 Å². The average molecular weight is 249 g/mol. The molecule has 0 aromatic carbocycles. The summed E-state index contributed by atoms with van der Waals surface area (Å²) in [6, 6.07) is 2.23. The van der Waals surface area contributed by atoms with Gasteiger partial charge in [0.2, 0.25) is 0 Å². The first kappa shape index (κ1) is 12.8. The van der Waals surface area contributed by atoms with Gasteiger partial charge in [0.15, 0.2) is 0 Å². The fourth-order valence-corrected chi connectivity index (χ4v) is 1.61. The Morgan fingerprint density at radius 2 is 2.12 bits per heavy atom. The molecule has 0 bridgehead atoms. The number of alkyl halides is 3. The molecule has 1 unspecified atom stereocenters. The highest BCUT2D eigenvalue weighted by molar-refractivity contribution is 8.00. The van der Waals surface area contributed by atoms with E-state index < -0.39 is 11.7 Å². The summed E-state index contributed by atoms with van der Waals surface area (Å²) in [5.41, 5.74) is 4.45. The molecule has 0 amide bonds. The Morgan fingerprint density at radius 3 is 2.50 bits per heavy atom. The molecule has 0 radical (unpaired) electrons. The zero-order valence-electron chi connectivity index (χ0n) is 8.38. The van der Waals surface area contributed by atoms with Crippen LogP contribution in [0, 0.1) is 5.41 Å². The van der Waals surface area contributed by atoms with Crippen molar-refractivity contribution in [2.45, 2.75) is 23.4 Å². The second-order valence-electron chi connectivity index (χ2n) is 3.10. The maximum Gasteiger partial charge on any atom is 0.417 e. The van der Waals surface area contributed by atoms with Crippen LogP contribution in [-0.2, 0) is 6.18 Å². The van der Waals surface area contributed by atoms with E-state index in [1.54, 1.807) is 6.92 Å². The van der Waals surface area contributed by atoms with Crippen molar-refractivity contribution in [2.24, 2.45) is 5.73 Å². The SMILES string of the molecule is CC(Sc1ccc(C(F)(F)F)cn1)C(=N)N. The molecule has 3 N–H and O–H groups in total. The molecule has 1 aromatic rings. The Labute approximate surface area is 94.8 Å². The smallest absolute Gasteiger partial charge is 0.387 e. The van der Waals surface area contributed by atoms with Crippen LogP contribution in [0.3, 0.4) is 0 Å². The minimum atomic E-state index is -4.37. The number of pyridine rings is 1. The molecule has 0 fully saturated rings. The Hall–Kier alpha value is -1.24. The predicted octanol–water partition coefficient (Wildman–Crippen LogP) is 2.52. The number of halogens is 3. The van der Waals surface area contributed by atoms with Gasteiger partial charge in [-0.25, -0.2) is 4.98 Å². The van der Waals surface area contributed by atoms with Gasteiger partial charge in [-0.05, 0) is 19.1 Å². The van der Waals surface area contributed by atoms with Crippen LogP contribution in [0.1, 0.15) is 12.5 Å².